The molecule has 0 fully saturated rings. The molecule has 0 unspecified atom stereocenters. The van der Waals surface area contributed by atoms with Crippen LogP contribution in [0.2, 0.25) is 0 Å². The van der Waals surface area contributed by atoms with Crippen molar-refractivity contribution in [2.24, 2.45) is 0 Å². The van der Waals surface area contributed by atoms with Crippen LogP contribution >= 0.6 is 31.9 Å². The average molecular weight is 383 g/mol. The van der Waals surface area contributed by atoms with E-state index < -0.39 is 0 Å². The number of rotatable bonds is 3. The Balaban J connectivity index is 2.05. The molecule has 2 nitrogen and oxygen atoms in total. The van der Waals surface area contributed by atoms with E-state index in [1.165, 1.54) is 0 Å². The molecule has 98 valence electrons. The second kappa shape index (κ2) is 6.35. The number of carbonyl (C=O) groups is 1. The minimum Gasteiger partial charge on any atom is -0.348 e. The Kier molecular flexibility index (Phi) is 4.77. The van der Waals surface area contributed by atoms with E-state index in [1.54, 1.807) is 0 Å². The second-order valence-electron chi connectivity index (χ2n) is 4.24. The molecule has 0 aromatic heterocycles. The number of benzene rings is 2. The highest BCUT2D eigenvalue weighted by Gasteiger charge is 2.07. The molecular formula is C15H13Br2NO. The van der Waals surface area contributed by atoms with Gasteiger partial charge in [-0.2, -0.15) is 0 Å². The SMILES string of the molecule is Cc1cc(C(=O)NCc2ccccc2Br)ccc1Br. The van der Waals surface area contributed by atoms with Gasteiger partial charge in [-0.05, 0) is 42.3 Å². The molecule has 0 aliphatic rings. The number of carbonyl (C=O) groups excluding carboxylic acids is 1. The Morgan fingerprint density at radius 2 is 1.84 bits per heavy atom. The molecule has 2 aromatic carbocycles. The van der Waals surface area contributed by atoms with Crippen molar-refractivity contribution in [2.75, 3.05) is 0 Å². The van der Waals surface area contributed by atoms with E-state index in [4.69, 9.17) is 0 Å². The first-order chi connectivity index (χ1) is 9.08. The lowest BCUT2D eigenvalue weighted by Crippen LogP contribution is -2.23. The summed E-state index contributed by atoms with van der Waals surface area (Å²) in [5.74, 6) is -0.0636. The third-order valence-electron chi connectivity index (χ3n) is 2.82. The van der Waals surface area contributed by atoms with E-state index in [0.717, 1.165) is 20.1 Å². The number of hydrogen-bond donors (Lipinski definition) is 1. The summed E-state index contributed by atoms with van der Waals surface area (Å²) in [4.78, 5) is 12.1. The van der Waals surface area contributed by atoms with Crippen molar-refractivity contribution in [3.05, 3.63) is 68.1 Å². The van der Waals surface area contributed by atoms with Gasteiger partial charge >= 0.3 is 0 Å². The van der Waals surface area contributed by atoms with Crippen LogP contribution in [-0.4, -0.2) is 5.91 Å². The standard InChI is InChI=1S/C15H13Br2NO/c1-10-8-11(6-7-13(10)16)15(19)18-9-12-4-2-3-5-14(12)17/h2-8H,9H2,1H3,(H,18,19). The van der Waals surface area contributed by atoms with Gasteiger partial charge in [0.2, 0.25) is 0 Å². The van der Waals surface area contributed by atoms with Crippen molar-refractivity contribution in [1.29, 1.82) is 0 Å². The van der Waals surface area contributed by atoms with Crippen molar-refractivity contribution in [2.45, 2.75) is 13.5 Å². The molecule has 0 saturated heterocycles. The number of nitrogens with one attached hydrogen (secondary N) is 1. The van der Waals surface area contributed by atoms with Gasteiger partial charge in [0.1, 0.15) is 0 Å². The molecule has 0 aliphatic heterocycles. The molecule has 2 rings (SSSR count). The Labute approximate surface area is 129 Å². The zero-order valence-electron chi connectivity index (χ0n) is 10.4. The lowest BCUT2D eigenvalue weighted by molar-refractivity contribution is 0.0950. The normalized spacial score (nSPS) is 10.3. The van der Waals surface area contributed by atoms with E-state index in [0.29, 0.717) is 12.1 Å². The van der Waals surface area contributed by atoms with Gasteiger partial charge in [0, 0.05) is 21.1 Å². The molecule has 0 radical (unpaired) electrons. The predicted octanol–water partition coefficient (Wildman–Crippen LogP) is 4.45. The molecule has 0 bridgehead atoms. The molecule has 0 aliphatic carbocycles. The van der Waals surface area contributed by atoms with Crippen LogP contribution in [0.3, 0.4) is 0 Å². The van der Waals surface area contributed by atoms with E-state index >= 15 is 0 Å². The number of aryl methyl sites for hydroxylation is 1. The number of hydrogen-bond acceptors (Lipinski definition) is 1. The van der Waals surface area contributed by atoms with Crippen LogP contribution in [-0.2, 0) is 6.54 Å². The van der Waals surface area contributed by atoms with E-state index in [2.05, 4.69) is 37.2 Å². The third kappa shape index (κ3) is 3.67. The van der Waals surface area contributed by atoms with E-state index in [9.17, 15) is 4.79 Å². The fourth-order valence-corrected chi connectivity index (χ4v) is 2.38. The molecule has 1 amide bonds. The predicted molar refractivity (Wildman–Crippen MR) is 84.2 cm³/mol. The van der Waals surface area contributed by atoms with Crippen LogP contribution in [0.15, 0.2) is 51.4 Å². The first kappa shape index (κ1) is 14.3. The molecule has 0 heterocycles. The van der Waals surface area contributed by atoms with Crippen molar-refractivity contribution in [1.82, 2.24) is 5.32 Å². The maximum Gasteiger partial charge on any atom is 0.251 e. The highest BCUT2D eigenvalue weighted by molar-refractivity contribution is 9.10. The van der Waals surface area contributed by atoms with Crippen LogP contribution < -0.4 is 5.32 Å². The Morgan fingerprint density at radius 1 is 1.11 bits per heavy atom. The topological polar surface area (TPSA) is 29.1 Å². The zero-order valence-corrected chi connectivity index (χ0v) is 13.6. The Morgan fingerprint density at radius 3 is 2.53 bits per heavy atom. The lowest BCUT2D eigenvalue weighted by Gasteiger charge is -2.08. The van der Waals surface area contributed by atoms with Gasteiger partial charge in [-0.25, -0.2) is 0 Å². The van der Waals surface area contributed by atoms with Gasteiger partial charge in [0.15, 0.2) is 0 Å². The highest BCUT2D eigenvalue weighted by atomic mass is 79.9. The third-order valence-corrected chi connectivity index (χ3v) is 4.48. The van der Waals surface area contributed by atoms with Gasteiger partial charge in [-0.3, -0.25) is 4.79 Å². The maximum atomic E-state index is 12.1. The van der Waals surface area contributed by atoms with Gasteiger partial charge in [-0.1, -0.05) is 50.1 Å². The van der Waals surface area contributed by atoms with Gasteiger partial charge < -0.3 is 5.32 Å². The summed E-state index contributed by atoms with van der Waals surface area (Å²) in [5, 5.41) is 2.92. The molecule has 2 aromatic rings. The van der Waals surface area contributed by atoms with Gasteiger partial charge in [0.05, 0.1) is 0 Å². The molecule has 4 heteroatoms. The molecule has 19 heavy (non-hydrogen) atoms. The first-order valence-corrected chi connectivity index (χ1v) is 7.44. The minimum atomic E-state index is -0.0636. The fraction of sp³-hybridized carbons (Fsp3) is 0.133. The van der Waals surface area contributed by atoms with Crippen LogP contribution in [0, 0.1) is 6.92 Å². The smallest absolute Gasteiger partial charge is 0.251 e. The quantitative estimate of drug-likeness (QED) is 0.834. The summed E-state index contributed by atoms with van der Waals surface area (Å²) in [6.45, 7) is 2.48. The molecule has 0 atom stereocenters. The highest BCUT2D eigenvalue weighted by Crippen LogP contribution is 2.18. The van der Waals surface area contributed by atoms with Crippen LogP contribution in [0.1, 0.15) is 21.5 Å². The Bertz CT molecular complexity index is 611. The monoisotopic (exact) mass is 381 g/mol. The summed E-state index contributed by atoms with van der Waals surface area (Å²) >= 11 is 6.89. The van der Waals surface area contributed by atoms with E-state index in [1.807, 2.05) is 49.4 Å². The largest absolute Gasteiger partial charge is 0.348 e. The summed E-state index contributed by atoms with van der Waals surface area (Å²) in [5.41, 5.74) is 2.78. The number of halogens is 2. The van der Waals surface area contributed by atoms with Gasteiger partial charge in [-0.15, -0.1) is 0 Å². The molecular weight excluding hydrogens is 370 g/mol. The van der Waals surface area contributed by atoms with E-state index in [-0.39, 0.29) is 5.91 Å². The zero-order chi connectivity index (χ0) is 13.8. The molecule has 1 N–H and O–H groups in total. The van der Waals surface area contributed by atoms with Crippen molar-refractivity contribution in [3.63, 3.8) is 0 Å². The fourth-order valence-electron chi connectivity index (χ4n) is 1.71. The van der Waals surface area contributed by atoms with Crippen molar-refractivity contribution >= 4 is 37.8 Å². The summed E-state index contributed by atoms with van der Waals surface area (Å²) in [6.07, 6.45) is 0. The van der Waals surface area contributed by atoms with Crippen LogP contribution in [0.4, 0.5) is 0 Å². The van der Waals surface area contributed by atoms with Crippen molar-refractivity contribution < 1.29 is 4.79 Å². The van der Waals surface area contributed by atoms with Crippen LogP contribution in [0.5, 0.6) is 0 Å². The lowest BCUT2D eigenvalue weighted by atomic mass is 10.1. The molecule has 0 saturated carbocycles. The Hall–Kier alpha value is -1.13. The summed E-state index contributed by atoms with van der Waals surface area (Å²) < 4.78 is 2.01. The summed E-state index contributed by atoms with van der Waals surface area (Å²) in [7, 11) is 0. The maximum absolute atomic E-state index is 12.1. The molecule has 0 spiro atoms. The van der Waals surface area contributed by atoms with Crippen LogP contribution in [0.25, 0.3) is 0 Å². The van der Waals surface area contributed by atoms with Gasteiger partial charge in [0.25, 0.3) is 5.91 Å². The number of amides is 1. The van der Waals surface area contributed by atoms with Crippen molar-refractivity contribution in [3.8, 4) is 0 Å². The average Bonchev–Trinajstić information content (AvgIpc) is 2.40. The summed E-state index contributed by atoms with van der Waals surface area (Å²) in [6, 6.07) is 13.4. The minimum absolute atomic E-state index is 0.0636. The second-order valence-corrected chi connectivity index (χ2v) is 5.95. The first-order valence-electron chi connectivity index (χ1n) is 5.85.